The summed E-state index contributed by atoms with van der Waals surface area (Å²) in [5.41, 5.74) is 3.48. The molecule has 0 radical (unpaired) electrons. The summed E-state index contributed by atoms with van der Waals surface area (Å²) in [6.07, 6.45) is 0. The fraction of sp³-hybridized carbons (Fsp3) is 0.412. The second-order valence-corrected chi connectivity index (χ2v) is 6.98. The van der Waals surface area contributed by atoms with Crippen LogP contribution in [-0.4, -0.2) is 42.0 Å². The normalized spacial score (nSPS) is 15.2. The number of anilines is 1. The van der Waals surface area contributed by atoms with Crippen molar-refractivity contribution >= 4 is 22.9 Å². The van der Waals surface area contributed by atoms with E-state index in [-0.39, 0.29) is 5.91 Å². The molecule has 4 nitrogen and oxygen atoms in total. The average Bonchev–Trinajstić information content (AvgIpc) is 2.86. The molecule has 0 atom stereocenters. The van der Waals surface area contributed by atoms with Crippen LogP contribution >= 0.6 is 11.3 Å². The smallest absolute Gasteiger partial charge is 0.282 e. The molecule has 5 heteroatoms. The van der Waals surface area contributed by atoms with Crippen LogP contribution in [0.4, 0.5) is 5.69 Å². The van der Waals surface area contributed by atoms with Gasteiger partial charge in [0.05, 0.1) is 5.69 Å². The number of piperazine rings is 1. The molecule has 1 aromatic carbocycles. The summed E-state index contributed by atoms with van der Waals surface area (Å²) in [5, 5.41) is 0.624. The molecule has 1 aliphatic rings. The Kier molecular flexibility index (Phi) is 4.16. The van der Waals surface area contributed by atoms with Crippen LogP contribution in [0.3, 0.4) is 0 Å². The highest BCUT2D eigenvalue weighted by Crippen LogP contribution is 2.21. The molecule has 0 bridgehead atoms. The third-order valence-electron chi connectivity index (χ3n) is 4.15. The van der Waals surface area contributed by atoms with E-state index in [1.807, 2.05) is 18.7 Å². The van der Waals surface area contributed by atoms with Crippen molar-refractivity contribution in [2.24, 2.45) is 0 Å². The number of nitrogens with zero attached hydrogens (tertiary/aromatic N) is 3. The van der Waals surface area contributed by atoms with Gasteiger partial charge >= 0.3 is 0 Å². The molecule has 3 rings (SSSR count). The molecule has 1 amide bonds. The van der Waals surface area contributed by atoms with Crippen LogP contribution in [0, 0.1) is 20.8 Å². The van der Waals surface area contributed by atoms with Gasteiger partial charge in [0, 0.05) is 36.7 Å². The van der Waals surface area contributed by atoms with Gasteiger partial charge in [-0.05, 0) is 38.5 Å². The van der Waals surface area contributed by atoms with Gasteiger partial charge in [-0.3, -0.25) is 4.79 Å². The molecule has 22 heavy (non-hydrogen) atoms. The predicted molar refractivity (Wildman–Crippen MR) is 90.9 cm³/mol. The highest BCUT2D eigenvalue weighted by molar-refractivity contribution is 7.13. The summed E-state index contributed by atoms with van der Waals surface area (Å²) >= 11 is 1.50. The summed E-state index contributed by atoms with van der Waals surface area (Å²) in [7, 11) is 0. The first-order valence-electron chi connectivity index (χ1n) is 7.59. The van der Waals surface area contributed by atoms with Gasteiger partial charge < -0.3 is 9.80 Å². The number of benzene rings is 1. The van der Waals surface area contributed by atoms with Crippen molar-refractivity contribution in [2.45, 2.75) is 20.8 Å². The Balaban J connectivity index is 1.65. The van der Waals surface area contributed by atoms with E-state index in [9.17, 15) is 4.79 Å². The Bertz CT molecular complexity index is 667. The number of aryl methyl sites for hydroxylation is 3. The van der Waals surface area contributed by atoms with Crippen molar-refractivity contribution < 1.29 is 4.79 Å². The van der Waals surface area contributed by atoms with Gasteiger partial charge in [0.2, 0.25) is 0 Å². The Hall–Kier alpha value is -1.88. The topological polar surface area (TPSA) is 36.4 Å². The molecule has 0 unspecified atom stereocenters. The predicted octanol–water partition coefficient (Wildman–Crippen LogP) is 3.03. The number of thiazole rings is 1. The zero-order valence-electron chi connectivity index (χ0n) is 13.3. The van der Waals surface area contributed by atoms with Gasteiger partial charge in [-0.2, -0.15) is 0 Å². The summed E-state index contributed by atoms with van der Waals surface area (Å²) in [4.78, 5) is 22.3. The zero-order valence-corrected chi connectivity index (χ0v) is 14.1. The number of hydrogen-bond donors (Lipinski definition) is 0. The third kappa shape index (κ3) is 2.99. The number of hydrogen-bond acceptors (Lipinski definition) is 4. The van der Waals surface area contributed by atoms with Crippen molar-refractivity contribution in [3.8, 4) is 0 Å². The molecule has 1 fully saturated rings. The molecule has 1 aliphatic heterocycles. The quantitative estimate of drug-likeness (QED) is 0.855. The first kappa shape index (κ1) is 15.0. The molecule has 116 valence electrons. The highest BCUT2D eigenvalue weighted by Gasteiger charge is 2.24. The highest BCUT2D eigenvalue weighted by atomic mass is 32.1. The lowest BCUT2D eigenvalue weighted by atomic mass is 10.2. The van der Waals surface area contributed by atoms with Gasteiger partial charge in [-0.15, -0.1) is 11.3 Å². The molecule has 0 aliphatic carbocycles. The monoisotopic (exact) mass is 315 g/mol. The van der Waals surface area contributed by atoms with Crippen LogP contribution in [0.5, 0.6) is 0 Å². The number of amides is 1. The molecule has 2 aromatic rings. The van der Waals surface area contributed by atoms with Gasteiger partial charge in [-0.1, -0.05) is 12.1 Å². The van der Waals surface area contributed by atoms with Crippen LogP contribution in [-0.2, 0) is 0 Å². The molecule has 0 spiro atoms. The van der Waals surface area contributed by atoms with Crippen molar-refractivity contribution in [3.63, 3.8) is 0 Å². The number of rotatable bonds is 2. The lowest BCUT2D eigenvalue weighted by Crippen LogP contribution is -2.48. The molecular formula is C17H21N3OS. The SMILES string of the molecule is Cc1cccc(N2CCN(C(=O)c3nc(C)c(C)s3)CC2)c1. The lowest BCUT2D eigenvalue weighted by Gasteiger charge is -2.35. The summed E-state index contributed by atoms with van der Waals surface area (Å²) in [6.45, 7) is 9.33. The van der Waals surface area contributed by atoms with E-state index in [0.29, 0.717) is 5.01 Å². The van der Waals surface area contributed by atoms with Gasteiger partial charge in [-0.25, -0.2) is 4.98 Å². The van der Waals surface area contributed by atoms with E-state index in [1.165, 1.54) is 22.6 Å². The summed E-state index contributed by atoms with van der Waals surface area (Å²) < 4.78 is 0. The van der Waals surface area contributed by atoms with Crippen molar-refractivity contribution in [2.75, 3.05) is 31.1 Å². The molecule has 2 heterocycles. The molecule has 0 saturated carbocycles. The fourth-order valence-corrected chi connectivity index (χ4v) is 3.57. The Morgan fingerprint density at radius 3 is 2.45 bits per heavy atom. The maximum atomic E-state index is 12.5. The van der Waals surface area contributed by atoms with Gasteiger partial charge in [0.25, 0.3) is 5.91 Å². The lowest BCUT2D eigenvalue weighted by molar-refractivity contribution is 0.0746. The Labute approximate surface area is 135 Å². The van der Waals surface area contributed by atoms with Crippen LogP contribution in [0.25, 0.3) is 0 Å². The number of carbonyl (C=O) groups is 1. The second kappa shape index (κ2) is 6.08. The Morgan fingerprint density at radius 2 is 1.86 bits per heavy atom. The first-order chi connectivity index (χ1) is 10.5. The minimum absolute atomic E-state index is 0.0742. The first-order valence-corrected chi connectivity index (χ1v) is 8.41. The van der Waals surface area contributed by atoms with Gasteiger partial charge in [0.15, 0.2) is 5.01 Å². The zero-order chi connectivity index (χ0) is 15.7. The molecule has 0 N–H and O–H groups in total. The van der Waals surface area contributed by atoms with E-state index in [1.54, 1.807) is 0 Å². The van der Waals surface area contributed by atoms with Crippen LogP contribution < -0.4 is 4.90 Å². The van der Waals surface area contributed by atoms with E-state index >= 15 is 0 Å². The largest absolute Gasteiger partial charge is 0.368 e. The summed E-state index contributed by atoms with van der Waals surface area (Å²) in [5.74, 6) is 0.0742. The van der Waals surface area contributed by atoms with Crippen LogP contribution in [0.15, 0.2) is 24.3 Å². The van der Waals surface area contributed by atoms with E-state index < -0.39 is 0 Å². The number of aromatic nitrogens is 1. The standard InChI is InChI=1S/C17H21N3OS/c1-12-5-4-6-15(11-12)19-7-9-20(10-8-19)17(21)16-18-13(2)14(3)22-16/h4-6,11H,7-10H2,1-3H3. The van der Waals surface area contributed by atoms with E-state index in [2.05, 4.69) is 41.1 Å². The third-order valence-corrected chi connectivity index (χ3v) is 5.21. The van der Waals surface area contributed by atoms with Crippen molar-refractivity contribution in [1.82, 2.24) is 9.88 Å². The van der Waals surface area contributed by atoms with Crippen LogP contribution in [0.1, 0.15) is 25.9 Å². The molecular weight excluding hydrogens is 294 g/mol. The van der Waals surface area contributed by atoms with Crippen LogP contribution in [0.2, 0.25) is 0 Å². The van der Waals surface area contributed by atoms with E-state index in [0.717, 1.165) is 36.8 Å². The molecule has 1 aromatic heterocycles. The fourth-order valence-electron chi connectivity index (χ4n) is 2.69. The average molecular weight is 315 g/mol. The maximum Gasteiger partial charge on any atom is 0.282 e. The minimum atomic E-state index is 0.0742. The van der Waals surface area contributed by atoms with Gasteiger partial charge in [0.1, 0.15) is 0 Å². The maximum absolute atomic E-state index is 12.5. The minimum Gasteiger partial charge on any atom is -0.368 e. The number of carbonyl (C=O) groups excluding carboxylic acids is 1. The summed E-state index contributed by atoms with van der Waals surface area (Å²) in [6, 6.07) is 8.53. The van der Waals surface area contributed by atoms with Crippen molar-refractivity contribution in [3.05, 3.63) is 45.4 Å². The second-order valence-electron chi connectivity index (χ2n) is 5.78. The van der Waals surface area contributed by atoms with E-state index in [4.69, 9.17) is 0 Å². The molecule has 1 saturated heterocycles. The van der Waals surface area contributed by atoms with Crippen molar-refractivity contribution in [1.29, 1.82) is 0 Å². The Morgan fingerprint density at radius 1 is 1.14 bits per heavy atom.